The predicted octanol–water partition coefficient (Wildman–Crippen LogP) is 0.752. The van der Waals surface area contributed by atoms with Crippen molar-refractivity contribution < 1.29 is 0 Å². The van der Waals surface area contributed by atoms with Gasteiger partial charge in [0.25, 0.3) is 0 Å². The molecule has 52 valence electrons. The van der Waals surface area contributed by atoms with Gasteiger partial charge in [-0.15, -0.1) is 0 Å². The maximum atomic E-state index is 9.80. The van der Waals surface area contributed by atoms with E-state index in [2.05, 4.69) is 10.5 Å². The lowest BCUT2D eigenvalue weighted by molar-refractivity contribution is 0.382. The molecular formula is C6H12N2O. The Kier molecular flexibility index (Phi) is 2.64. The maximum absolute atomic E-state index is 9.80. The summed E-state index contributed by atoms with van der Waals surface area (Å²) in [4.78, 5) is 9.80. The van der Waals surface area contributed by atoms with Gasteiger partial charge < -0.3 is 5.32 Å². The maximum Gasteiger partial charge on any atom is 0.0840 e. The van der Waals surface area contributed by atoms with E-state index in [0.717, 1.165) is 25.9 Å². The van der Waals surface area contributed by atoms with Crippen molar-refractivity contribution in [3.63, 3.8) is 0 Å². The van der Waals surface area contributed by atoms with E-state index in [4.69, 9.17) is 0 Å². The molecule has 0 aromatic rings. The van der Waals surface area contributed by atoms with Gasteiger partial charge in [-0.1, -0.05) is 5.18 Å². The summed E-state index contributed by atoms with van der Waals surface area (Å²) in [6, 6.07) is 0. The Morgan fingerprint density at radius 1 is 1.44 bits per heavy atom. The molecule has 0 amide bonds. The number of nitrogens with zero attached hydrogens (tertiary/aromatic N) is 1. The highest BCUT2D eigenvalue weighted by Gasteiger charge is 2.11. The van der Waals surface area contributed by atoms with Gasteiger partial charge in [0, 0.05) is 0 Å². The summed E-state index contributed by atoms with van der Waals surface area (Å²) in [6.45, 7) is 2.63. The molecule has 9 heavy (non-hydrogen) atoms. The van der Waals surface area contributed by atoms with Crippen LogP contribution in [0, 0.1) is 10.8 Å². The van der Waals surface area contributed by atoms with Crippen LogP contribution in [0.4, 0.5) is 0 Å². The van der Waals surface area contributed by atoms with E-state index in [0.29, 0.717) is 12.5 Å². The van der Waals surface area contributed by atoms with E-state index in [1.807, 2.05) is 0 Å². The van der Waals surface area contributed by atoms with Crippen LogP contribution in [-0.2, 0) is 0 Å². The van der Waals surface area contributed by atoms with E-state index in [9.17, 15) is 4.91 Å². The molecule has 0 unspecified atom stereocenters. The van der Waals surface area contributed by atoms with Crippen molar-refractivity contribution in [1.82, 2.24) is 5.32 Å². The first kappa shape index (κ1) is 6.68. The van der Waals surface area contributed by atoms with Gasteiger partial charge in [0.15, 0.2) is 0 Å². The van der Waals surface area contributed by atoms with Crippen LogP contribution in [0.5, 0.6) is 0 Å². The Morgan fingerprint density at radius 2 is 2.11 bits per heavy atom. The number of nitrogens with one attached hydrogen (secondary N) is 1. The van der Waals surface area contributed by atoms with Gasteiger partial charge in [0.05, 0.1) is 6.54 Å². The Labute approximate surface area is 54.8 Å². The number of rotatable bonds is 2. The van der Waals surface area contributed by atoms with Crippen LogP contribution in [0.25, 0.3) is 0 Å². The minimum atomic E-state index is 0.516. The fraction of sp³-hybridized carbons (Fsp3) is 1.00. The molecule has 0 aromatic heterocycles. The molecule has 0 bridgehead atoms. The van der Waals surface area contributed by atoms with Crippen LogP contribution in [0.1, 0.15) is 12.8 Å². The number of hydrogen-bond donors (Lipinski definition) is 1. The Bertz CT molecular complexity index is 89.1. The van der Waals surface area contributed by atoms with Gasteiger partial charge in [-0.2, -0.15) is 4.91 Å². The van der Waals surface area contributed by atoms with Crippen LogP contribution in [-0.4, -0.2) is 19.6 Å². The zero-order chi connectivity index (χ0) is 6.53. The number of nitroso groups, excluding NO2 is 1. The first-order chi connectivity index (χ1) is 4.43. The highest BCUT2D eigenvalue weighted by atomic mass is 16.3. The van der Waals surface area contributed by atoms with Crippen molar-refractivity contribution in [2.75, 3.05) is 19.6 Å². The standard InChI is InChI=1S/C6H12N2O/c9-8-5-6-1-3-7-4-2-6/h6-7H,1-5H2. The second-order valence-electron chi connectivity index (χ2n) is 2.51. The van der Waals surface area contributed by atoms with Crippen LogP contribution < -0.4 is 5.32 Å². The summed E-state index contributed by atoms with van der Waals surface area (Å²) in [5.41, 5.74) is 0. The van der Waals surface area contributed by atoms with Crippen molar-refractivity contribution in [2.24, 2.45) is 11.1 Å². The summed E-state index contributed by atoms with van der Waals surface area (Å²) in [5, 5.41) is 6.11. The molecule has 0 atom stereocenters. The van der Waals surface area contributed by atoms with Crippen molar-refractivity contribution in [2.45, 2.75) is 12.8 Å². The van der Waals surface area contributed by atoms with Gasteiger partial charge in [-0.25, -0.2) is 0 Å². The molecule has 1 N–H and O–H groups in total. The molecule has 1 rings (SSSR count). The van der Waals surface area contributed by atoms with E-state index < -0.39 is 0 Å². The SMILES string of the molecule is O=NCC1CCNCC1. The third-order valence-electron chi connectivity index (χ3n) is 1.79. The Balaban J connectivity index is 2.15. The van der Waals surface area contributed by atoms with Crippen LogP contribution in [0.2, 0.25) is 0 Å². The van der Waals surface area contributed by atoms with Gasteiger partial charge in [0.1, 0.15) is 0 Å². The molecule has 0 aliphatic carbocycles. The van der Waals surface area contributed by atoms with Gasteiger partial charge in [0.2, 0.25) is 0 Å². The smallest absolute Gasteiger partial charge is 0.0840 e. The van der Waals surface area contributed by atoms with E-state index in [1.54, 1.807) is 0 Å². The topological polar surface area (TPSA) is 41.5 Å². The lowest BCUT2D eigenvalue weighted by Gasteiger charge is -2.19. The van der Waals surface area contributed by atoms with E-state index in [-0.39, 0.29) is 0 Å². The molecule has 1 fully saturated rings. The Morgan fingerprint density at radius 3 is 2.67 bits per heavy atom. The molecule has 3 nitrogen and oxygen atoms in total. The molecule has 1 aliphatic rings. The molecule has 1 aliphatic heterocycles. The monoisotopic (exact) mass is 128 g/mol. The molecule has 3 heteroatoms. The molecule has 0 saturated carbocycles. The quantitative estimate of drug-likeness (QED) is 0.557. The second-order valence-corrected chi connectivity index (χ2v) is 2.51. The van der Waals surface area contributed by atoms with Gasteiger partial charge in [-0.3, -0.25) is 0 Å². The van der Waals surface area contributed by atoms with E-state index in [1.165, 1.54) is 0 Å². The average Bonchev–Trinajstić information content (AvgIpc) is 1.91. The van der Waals surface area contributed by atoms with Crippen molar-refractivity contribution in [3.05, 3.63) is 4.91 Å². The lowest BCUT2D eigenvalue weighted by atomic mass is 9.99. The minimum absolute atomic E-state index is 0.516. The summed E-state index contributed by atoms with van der Waals surface area (Å²) in [5.74, 6) is 0.559. The zero-order valence-electron chi connectivity index (χ0n) is 5.47. The third kappa shape index (κ3) is 2.10. The van der Waals surface area contributed by atoms with Gasteiger partial charge in [-0.05, 0) is 31.8 Å². The van der Waals surface area contributed by atoms with Gasteiger partial charge >= 0.3 is 0 Å². The predicted molar refractivity (Wildman–Crippen MR) is 36.3 cm³/mol. The summed E-state index contributed by atoms with van der Waals surface area (Å²) < 4.78 is 0. The third-order valence-corrected chi connectivity index (χ3v) is 1.79. The average molecular weight is 128 g/mol. The molecule has 1 heterocycles. The first-order valence-electron chi connectivity index (χ1n) is 3.43. The number of hydrogen-bond acceptors (Lipinski definition) is 3. The summed E-state index contributed by atoms with van der Waals surface area (Å²) in [6.07, 6.45) is 2.23. The largest absolute Gasteiger partial charge is 0.317 e. The minimum Gasteiger partial charge on any atom is -0.317 e. The molecule has 0 spiro atoms. The molecule has 0 radical (unpaired) electrons. The van der Waals surface area contributed by atoms with E-state index >= 15 is 0 Å². The number of piperidine rings is 1. The van der Waals surface area contributed by atoms with Crippen LogP contribution in [0.15, 0.2) is 5.18 Å². The van der Waals surface area contributed by atoms with Crippen molar-refractivity contribution in [3.8, 4) is 0 Å². The van der Waals surface area contributed by atoms with Crippen molar-refractivity contribution >= 4 is 0 Å². The highest BCUT2D eigenvalue weighted by Crippen LogP contribution is 2.10. The molecule has 0 aromatic carbocycles. The van der Waals surface area contributed by atoms with Crippen LogP contribution in [0.3, 0.4) is 0 Å². The first-order valence-corrected chi connectivity index (χ1v) is 3.43. The Hall–Kier alpha value is -0.440. The normalized spacial score (nSPS) is 21.8. The fourth-order valence-electron chi connectivity index (χ4n) is 1.17. The zero-order valence-corrected chi connectivity index (χ0v) is 5.47. The second kappa shape index (κ2) is 3.56. The molecule has 1 saturated heterocycles. The summed E-state index contributed by atoms with van der Waals surface area (Å²) in [7, 11) is 0. The lowest BCUT2D eigenvalue weighted by Crippen LogP contribution is -2.28. The highest BCUT2D eigenvalue weighted by molar-refractivity contribution is 4.69. The van der Waals surface area contributed by atoms with Crippen LogP contribution >= 0.6 is 0 Å². The fourth-order valence-corrected chi connectivity index (χ4v) is 1.17. The molecular weight excluding hydrogens is 116 g/mol. The van der Waals surface area contributed by atoms with Crippen molar-refractivity contribution in [1.29, 1.82) is 0 Å². The summed E-state index contributed by atoms with van der Waals surface area (Å²) >= 11 is 0.